The molecular formula is C20H23F3N2O3S. The third-order valence-electron chi connectivity index (χ3n) is 4.32. The summed E-state index contributed by atoms with van der Waals surface area (Å²) < 4.78 is 64.5. The highest BCUT2D eigenvalue weighted by molar-refractivity contribution is 7.89. The monoisotopic (exact) mass is 428 g/mol. The molecule has 0 aliphatic heterocycles. The molecule has 5 nitrogen and oxygen atoms in total. The van der Waals surface area contributed by atoms with Crippen molar-refractivity contribution in [2.75, 3.05) is 6.54 Å². The summed E-state index contributed by atoms with van der Waals surface area (Å²) in [6.07, 6.45) is -4.03. The maximum absolute atomic E-state index is 12.6. The SMILES string of the molecule is Cc1ccc(S(=O)(=O)NCCCC(=O)N[C@@H](C)c2ccc(C(F)(F)F)cc2)cc1. The average molecular weight is 428 g/mol. The van der Waals surface area contributed by atoms with Crippen molar-refractivity contribution >= 4 is 15.9 Å². The predicted octanol–water partition coefficient (Wildman–Crippen LogP) is 3.95. The summed E-state index contributed by atoms with van der Waals surface area (Å²) in [6.45, 7) is 3.62. The van der Waals surface area contributed by atoms with Gasteiger partial charge in [-0.05, 0) is 50.1 Å². The highest BCUT2D eigenvalue weighted by Crippen LogP contribution is 2.29. The number of carbonyl (C=O) groups excluding carboxylic acids is 1. The molecule has 0 bridgehead atoms. The predicted molar refractivity (Wildman–Crippen MR) is 104 cm³/mol. The molecule has 0 saturated carbocycles. The molecule has 0 radical (unpaired) electrons. The lowest BCUT2D eigenvalue weighted by Crippen LogP contribution is -2.29. The van der Waals surface area contributed by atoms with E-state index in [-0.39, 0.29) is 30.2 Å². The van der Waals surface area contributed by atoms with E-state index in [0.717, 1.165) is 17.7 Å². The molecule has 0 aliphatic carbocycles. The van der Waals surface area contributed by atoms with E-state index >= 15 is 0 Å². The molecule has 0 heterocycles. The molecule has 0 unspecified atom stereocenters. The van der Waals surface area contributed by atoms with Gasteiger partial charge in [0.25, 0.3) is 0 Å². The van der Waals surface area contributed by atoms with Crippen LogP contribution in [-0.2, 0) is 21.0 Å². The number of rotatable bonds is 8. The molecule has 158 valence electrons. The van der Waals surface area contributed by atoms with Crippen LogP contribution in [0.1, 0.15) is 42.5 Å². The first-order valence-electron chi connectivity index (χ1n) is 9.02. The van der Waals surface area contributed by atoms with Gasteiger partial charge in [-0.2, -0.15) is 13.2 Å². The summed E-state index contributed by atoms with van der Waals surface area (Å²) in [5, 5.41) is 2.69. The van der Waals surface area contributed by atoms with Gasteiger partial charge in [0.15, 0.2) is 0 Å². The fraction of sp³-hybridized carbons (Fsp3) is 0.350. The van der Waals surface area contributed by atoms with Gasteiger partial charge in [0, 0.05) is 13.0 Å². The number of sulfonamides is 1. The Morgan fingerprint density at radius 3 is 2.17 bits per heavy atom. The molecule has 0 fully saturated rings. The maximum Gasteiger partial charge on any atom is 0.416 e. The van der Waals surface area contributed by atoms with Crippen LogP contribution in [0.25, 0.3) is 0 Å². The van der Waals surface area contributed by atoms with E-state index in [0.29, 0.717) is 5.56 Å². The summed E-state index contributed by atoms with van der Waals surface area (Å²) in [7, 11) is -3.63. The summed E-state index contributed by atoms with van der Waals surface area (Å²) in [6, 6.07) is 10.5. The minimum Gasteiger partial charge on any atom is -0.350 e. The molecule has 9 heteroatoms. The second-order valence-electron chi connectivity index (χ2n) is 6.72. The van der Waals surface area contributed by atoms with Crippen molar-refractivity contribution in [1.82, 2.24) is 10.0 Å². The van der Waals surface area contributed by atoms with E-state index in [1.165, 1.54) is 24.3 Å². The number of hydrogen-bond donors (Lipinski definition) is 2. The first kappa shape index (κ1) is 22.9. The number of aryl methyl sites for hydroxylation is 1. The molecule has 29 heavy (non-hydrogen) atoms. The smallest absolute Gasteiger partial charge is 0.350 e. The van der Waals surface area contributed by atoms with Gasteiger partial charge in [0.2, 0.25) is 15.9 Å². The second kappa shape index (κ2) is 9.41. The Balaban J connectivity index is 1.78. The summed E-state index contributed by atoms with van der Waals surface area (Å²) >= 11 is 0. The van der Waals surface area contributed by atoms with Crippen molar-refractivity contribution in [3.63, 3.8) is 0 Å². The zero-order chi connectivity index (χ0) is 21.7. The first-order chi connectivity index (χ1) is 13.5. The standard InChI is InChI=1S/C20H23F3N2O3S/c1-14-5-11-18(12-6-14)29(27,28)24-13-3-4-19(26)25-15(2)16-7-9-17(10-8-16)20(21,22)23/h5-12,15,24H,3-4,13H2,1-2H3,(H,25,26)/t15-/m0/s1. The molecule has 1 atom stereocenters. The lowest BCUT2D eigenvalue weighted by molar-refractivity contribution is -0.137. The maximum atomic E-state index is 12.6. The van der Waals surface area contributed by atoms with Gasteiger partial charge in [0.05, 0.1) is 16.5 Å². The van der Waals surface area contributed by atoms with Crippen LogP contribution in [-0.4, -0.2) is 20.9 Å². The fourth-order valence-electron chi connectivity index (χ4n) is 2.61. The Hall–Kier alpha value is -2.39. The van der Waals surface area contributed by atoms with Crippen molar-refractivity contribution in [3.8, 4) is 0 Å². The normalized spacial score (nSPS) is 13.1. The van der Waals surface area contributed by atoms with Crippen LogP contribution >= 0.6 is 0 Å². The van der Waals surface area contributed by atoms with E-state index in [1.54, 1.807) is 19.1 Å². The molecule has 0 saturated heterocycles. The fourth-order valence-corrected chi connectivity index (χ4v) is 3.69. The van der Waals surface area contributed by atoms with Crippen LogP contribution in [0.5, 0.6) is 0 Å². The third kappa shape index (κ3) is 6.86. The number of amides is 1. The minimum absolute atomic E-state index is 0.0847. The van der Waals surface area contributed by atoms with Gasteiger partial charge in [-0.1, -0.05) is 29.8 Å². The highest BCUT2D eigenvalue weighted by atomic mass is 32.2. The van der Waals surface area contributed by atoms with Gasteiger partial charge < -0.3 is 5.32 Å². The Bertz CT molecular complexity index is 925. The van der Waals surface area contributed by atoms with Crippen LogP contribution in [0.2, 0.25) is 0 Å². The third-order valence-corrected chi connectivity index (χ3v) is 5.80. The second-order valence-corrected chi connectivity index (χ2v) is 8.49. The van der Waals surface area contributed by atoms with E-state index < -0.39 is 27.8 Å². The largest absolute Gasteiger partial charge is 0.416 e. The molecule has 2 rings (SSSR count). The topological polar surface area (TPSA) is 75.3 Å². The Morgan fingerprint density at radius 1 is 1.03 bits per heavy atom. The Morgan fingerprint density at radius 2 is 1.62 bits per heavy atom. The van der Waals surface area contributed by atoms with E-state index in [1.807, 2.05) is 6.92 Å². The average Bonchev–Trinajstić information content (AvgIpc) is 2.65. The van der Waals surface area contributed by atoms with Crippen LogP contribution < -0.4 is 10.0 Å². The molecule has 2 aromatic carbocycles. The lowest BCUT2D eigenvalue weighted by atomic mass is 10.1. The summed E-state index contributed by atoms with van der Waals surface area (Å²) in [4.78, 5) is 12.2. The number of alkyl halides is 3. The van der Waals surface area contributed by atoms with E-state index in [4.69, 9.17) is 0 Å². The molecule has 2 aromatic rings. The zero-order valence-electron chi connectivity index (χ0n) is 16.1. The van der Waals surface area contributed by atoms with E-state index in [9.17, 15) is 26.4 Å². The number of carbonyl (C=O) groups is 1. The molecule has 0 aromatic heterocycles. The molecular weight excluding hydrogens is 405 g/mol. The zero-order valence-corrected chi connectivity index (χ0v) is 16.9. The van der Waals surface area contributed by atoms with Crippen LogP contribution in [0.3, 0.4) is 0 Å². The summed E-state index contributed by atoms with van der Waals surface area (Å²) in [5.41, 5.74) is 0.745. The van der Waals surface area contributed by atoms with Crippen LogP contribution in [0.4, 0.5) is 13.2 Å². The van der Waals surface area contributed by atoms with Crippen LogP contribution in [0, 0.1) is 6.92 Å². The van der Waals surface area contributed by atoms with Crippen molar-refractivity contribution in [3.05, 3.63) is 65.2 Å². The van der Waals surface area contributed by atoms with Crippen molar-refractivity contribution in [2.45, 2.75) is 43.8 Å². The van der Waals surface area contributed by atoms with Crippen molar-refractivity contribution < 1.29 is 26.4 Å². The van der Waals surface area contributed by atoms with Gasteiger partial charge in [0.1, 0.15) is 0 Å². The first-order valence-corrected chi connectivity index (χ1v) is 10.5. The highest BCUT2D eigenvalue weighted by Gasteiger charge is 2.30. The molecule has 0 spiro atoms. The summed E-state index contributed by atoms with van der Waals surface area (Å²) in [5.74, 6) is -0.313. The van der Waals surface area contributed by atoms with Gasteiger partial charge >= 0.3 is 6.18 Å². The molecule has 1 amide bonds. The number of halogens is 3. The van der Waals surface area contributed by atoms with Gasteiger partial charge in [-0.3, -0.25) is 4.79 Å². The molecule has 2 N–H and O–H groups in total. The van der Waals surface area contributed by atoms with Crippen LogP contribution in [0.15, 0.2) is 53.4 Å². The van der Waals surface area contributed by atoms with Gasteiger partial charge in [-0.15, -0.1) is 0 Å². The quantitative estimate of drug-likeness (QED) is 0.625. The van der Waals surface area contributed by atoms with Crippen molar-refractivity contribution in [1.29, 1.82) is 0 Å². The Labute approximate surface area is 168 Å². The van der Waals surface area contributed by atoms with Crippen molar-refractivity contribution in [2.24, 2.45) is 0 Å². The van der Waals surface area contributed by atoms with Gasteiger partial charge in [-0.25, -0.2) is 13.1 Å². The number of benzene rings is 2. The Kier molecular flexibility index (Phi) is 7.43. The number of hydrogen-bond acceptors (Lipinski definition) is 3. The molecule has 0 aliphatic rings. The number of nitrogens with one attached hydrogen (secondary N) is 2. The van der Waals surface area contributed by atoms with E-state index in [2.05, 4.69) is 10.0 Å². The minimum atomic E-state index is -4.41. The lowest BCUT2D eigenvalue weighted by Gasteiger charge is -2.15.